The van der Waals surface area contributed by atoms with Crippen LogP contribution < -0.4 is 17.0 Å². The minimum absolute atomic E-state index is 0. The molecule has 0 fully saturated rings. The summed E-state index contributed by atoms with van der Waals surface area (Å²) in [6.07, 6.45) is 24.8. The highest BCUT2D eigenvalue weighted by atomic mass is 35.5. The average Bonchev–Trinajstić information content (AvgIpc) is 2.65. The molecule has 0 amide bonds. The first kappa shape index (κ1) is 25.1. The van der Waals surface area contributed by atoms with Crippen LogP contribution in [0.2, 0.25) is 0 Å². The van der Waals surface area contributed by atoms with E-state index in [2.05, 4.69) is 6.92 Å². The Morgan fingerprint density at radius 1 is 0.615 bits per heavy atom. The van der Waals surface area contributed by atoms with E-state index in [9.17, 15) is 4.79 Å². The van der Waals surface area contributed by atoms with Gasteiger partial charge in [0.05, 0.1) is 6.42 Å². The summed E-state index contributed by atoms with van der Waals surface area (Å²) in [5.41, 5.74) is 0. The van der Waals surface area contributed by atoms with Crippen molar-refractivity contribution in [3.8, 4) is 0 Å². The van der Waals surface area contributed by atoms with Crippen LogP contribution in [0, 0.1) is 0 Å². The Morgan fingerprint density at radius 3 is 1.42 bits per heavy atom. The van der Waals surface area contributed by atoms with E-state index >= 15 is 0 Å². The van der Waals surface area contributed by atoms with Crippen molar-refractivity contribution in [2.45, 2.75) is 110 Å². The second kappa shape index (κ2) is 18.9. The van der Waals surface area contributed by atoms with Crippen LogP contribution in [0.5, 0.6) is 0 Å². The topological polar surface area (TPSA) is 20.9 Å². The number of halogens is 1. The van der Waals surface area contributed by atoms with Gasteiger partial charge in [0.2, 0.25) is 0 Å². The maximum Gasteiger partial charge on any atom is 0.392 e. The van der Waals surface area contributed by atoms with Gasteiger partial charge >= 0.3 is 5.91 Å². The summed E-state index contributed by atoms with van der Waals surface area (Å²) in [5.74, 6) is 0.218. The van der Waals surface area contributed by atoms with Crippen molar-refractivity contribution in [1.29, 1.82) is 0 Å². The molecule has 0 spiro atoms. The Labute approximate surface area is 168 Å². The SMILES string of the molecule is CCCCCCCCCCCCCCCCCC(=O)[n+]1ccccc1.[Cl-]. The lowest BCUT2D eigenvalue weighted by Gasteiger charge is -2.03. The minimum Gasteiger partial charge on any atom is -1.00 e. The Kier molecular flexibility index (Phi) is 18.2. The molecule has 0 unspecified atom stereocenters. The number of carbonyl (C=O) groups excluding carboxylic acids is 1. The van der Waals surface area contributed by atoms with E-state index in [0.29, 0.717) is 6.42 Å². The van der Waals surface area contributed by atoms with Crippen molar-refractivity contribution >= 4 is 5.91 Å². The van der Waals surface area contributed by atoms with Crippen LogP contribution in [0.3, 0.4) is 0 Å². The number of nitrogens with zero attached hydrogens (tertiary/aromatic N) is 1. The van der Waals surface area contributed by atoms with E-state index in [1.54, 1.807) is 4.57 Å². The molecule has 0 aliphatic carbocycles. The smallest absolute Gasteiger partial charge is 0.392 e. The predicted molar refractivity (Wildman–Crippen MR) is 107 cm³/mol. The molecule has 0 atom stereocenters. The molecule has 0 aromatic carbocycles. The quantitative estimate of drug-likeness (QED) is 0.314. The van der Waals surface area contributed by atoms with Gasteiger partial charge in [0, 0.05) is 12.1 Å². The molecule has 0 bridgehead atoms. The van der Waals surface area contributed by atoms with Gasteiger partial charge in [-0.15, -0.1) is 4.57 Å². The molecule has 0 aliphatic heterocycles. The second-order valence-corrected chi connectivity index (χ2v) is 7.38. The first-order chi connectivity index (χ1) is 12.3. The normalized spacial score (nSPS) is 10.5. The number of hydrogen-bond acceptors (Lipinski definition) is 1. The Balaban J connectivity index is 0.00000625. The summed E-state index contributed by atoms with van der Waals surface area (Å²) in [4.78, 5) is 11.9. The summed E-state index contributed by atoms with van der Waals surface area (Å²) in [6, 6.07) is 5.76. The Bertz CT molecular complexity index is 421. The lowest BCUT2D eigenvalue weighted by molar-refractivity contribution is -0.574. The molecule has 0 aliphatic rings. The fourth-order valence-corrected chi connectivity index (χ4v) is 3.34. The zero-order chi connectivity index (χ0) is 18.0. The van der Waals surface area contributed by atoms with Crippen molar-refractivity contribution in [3.63, 3.8) is 0 Å². The van der Waals surface area contributed by atoms with E-state index in [-0.39, 0.29) is 18.3 Å². The summed E-state index contributed by atoms with van der Waals surface area (Å²) >= 11 is 0. The molecule has 3 heteroatoms. The highest BCUT2D eigenvalue weighted by molar-refractivity contribution is 5.66. The van der Waals surface area contributed by atoms with Crippen molar-refractivity contribution in [3.05, 3.63) is 30.6 Å². The minimum atomic E-state index is 0. The van der Waals surface area contributed by atoms with Gasteiger partial charge in [-0.05, 0) is 6.42 Å². The van der Waals surface area contributed by atoms with E-state index in [0.717, 1.165) is 6.42 Å². The third-order valence-electron chi connectivity index (χ3n) is 5.00. The molecular formula is C23H40ClNO. The highest BCUT2D eigenvalue weighted by Gasteiger charge is 2.11. The molecule has 0 saturated heterocycles. The fraction of sp³-hybridized carbons (Fsp3) is 0.739. The largest absolute Gasteiger partial charge is 1.00 e. The molecule has 0 N–H and O–H groups in total. The van der Waals surface area contributed by atoms with Crippen molar-refractivity contribution in [1.82, 2.24) is 0 Å². The standard InChI is InChI=1S/C23H40NO.ClH/c1-2-3-4-5-6-7-8-9-10-11-12-13-14-15-17-20-23(25)24-21-18-16-19-22-24;/h16,18-19,21-22H,2-15,17,20H2,1H3;1H/q+1;/p-1. The molecule has 26 heavy (non-hydrogen) atoms. The van der Waals surface area contributed by atoms with Crippen molar-refractivity contribution in [2.24, 2.45) is 0 Å². The number of rotatable bonds is 16. The van der Waals surface area contributed by atoms with Gasteiger partial charge in [-0.2, -0.15) is 0 Å². The lowest BCUT2D eigenvalue weighted by Crippen LogP contribution is -3.00. The van der Waals surface area contributed by atoms with Crippen LogP contribution in [0.25, 0.3) is 0 Å². The number of aromatic nitrogens is 1. The van der Waals surface area contributed by atoms with E-state index in [1.165, 1.54) is 89.9 Å². The van der Waals surface area contributed by atoms with Gasteiger partial charge in [-0.25, -0.2) is 4.79 Å². The fourth-order valence-electron chi connectivity index (χ4n) is 3.34. The van der Waals surface area contributed by atoms with Crippen LogP contribution in [-0.2, 0) is 0 Å². The third kappa shape index (κ3) is 14.3. The molecule has 150 valence electrons. The molecule has 0 saturated carbocycles. The van der Waals surface area contributed by atoms with Gasteiger partial charge in [0.1, 0.15) is 0 Å². The van der Waals surface area contributed by atoms with E-state index < -0.39 is 0 Å². The van der Waals surface area contributed by atoms with Crippen molar-refractivity contribution in [2.75, 3.05) is 0 Å². The second-order valence-electron chi connectivity index (χ2n) is 7.38. The first-order valence-electron chi connectivity index (χ1n) is 10.8. The first-order valence-corrected chi connectivity index (χ1v) is 10.8. The van der Waals surface area contributed by atoms with Crippen LogP contribution in [0.4, 0.5) is 0 Å². The number of carbonyl (C=O) groups is 1. The average molecular weight is 382 g/mol. The van der Waals surface area contributed by atoms with Gasteiger partial charge < -0.3 is 12.4 Å². The zero-order valence-electron chi connectivity index (χ0n) is 16.9. The van der Waals surface area contributed by atoms with Crippen LogP contribution in [0.1, 0.15) is 114 Å². The van der Waals surface area contributed by atoms with Gasteiger partial charge in [-0.3, -0.25) is 0 Å². The van der Waals surface area contributed by atoms with Gasteiger partial charge in [0.25, 0.3) is 0 Å². The maximum absolute atomic E-state index is 11.9. The summed E-state index contributed by atoms with van der Waals surface area (Å²) in [6.45, 7) is 2.28. The molecule has 1 aromatic heterocycles. The number of unbranched alkanes of at least 4 members (excludes halogenated alkanes) is 14. The van der Waals surface area contributed by atoms with Crippen molar-refractivity contribution < 1.29 is 21.8 Å². The molecular weight excluding hydrogens is 342 g/mol. The maximum atomic E-state index is 11.9. The molecule has 1 aromatic rings. The van der Waals surface area contributed by atoms with Crippen LogP contribution in [-0.4, -0.2) is 5.91 Å². The predicted octanol–water partition coefficient (Wildman–Crippen LogP) is 3.88. The lowest BCUT2D eigenvalue weighted by atomic mass is 10.0. The van der Waals surface area contributed by atoms with Crippen LogP contribution >= 0.6 is 0 Å². The molecule has 0 radical (unpaired) electrons. The van der Waals surface area contributed by atoms with Gasteiger partial charge in [-0.1, -0.05) is 103 Å². The molecule has 1 rings (SSSR count). The van der Waals surface area contributed by atoms with Gasteiger partial charge in [0.15, 0.2) is 12.4 Å². The number of pyridine rings is 1. The summed E-state index contributed by atoms with van der Waals surface area (Å²) in [7, 11) is 0. The monoisotopic (exact) mass is 381 g/mol. The number of hydrogen-bond donors (Lipinski definition) is 0. The highest BCUT2D eigenvalue weighted by Crippen LogP contribution is 2.13. The van der Waals surface area contributed by atoms with E-state index in [4.69, 9.17) is 0 Å². The summed E-state index contributed by atoms with van der Waals surface area (Å²) in [5, 5.41) is 0. The zero-order valence-corrected chi connectivity index (χ0v) is 17.7. The van der Waals surface area contributed by atoms with Crippen LogP contribution in [0.15, 0.2) is 30.6 Å². The third-order valence-corrected chi connectivity index (χ3v) is 5.00. The molecule has 2 nitrogen and oxygen atoms in total. The summed E-state index contributed by atoms with van der Waals surface area (Å²) < 4.78 is 1.70. The Morgan fingerprint density at radius 2 is 1.00 bits per heavy atom. The molecule has 1 heterocycles. The van der Waals surface area contributed by atoms with E-state index in [1.807, 2.05) is 30.6 Å². The Hall–Kier alpha value is -0.890.